The van der Waals surface area contributed by atoms with Gasteiger partial charge in [0.05, 0.1) is 32.0 Å². The van der Waals surface area contributed by atoms with E-state index >= 15 is 0 Å². The van der Waals surface area contributed by atoms with E-state index in [0.29, 0.717) is 22.3 Å². The topological polar surface area (TPSA) is 84.5 Å². The van der Waals surface area contributed by atoms with Gasteiger partial charge in [-0.15, -0.1) is 0 Å². The SMILES string of the molecule is COc1ccc2[nH]c(C)c(C(=O)C(=O)N(Cc3ccc(F)cc3F)c3ccnc(OC)c3)c2c1. The van der Waals surface area contributed by atoms with E-state index in [1.54, 1.807) is 25.1 Å². The fraction of sp³-hybridized carbons (Fsp3) is 0.160. The normalized spacial score (nSPS) is 10.9. The van der Waals surface area contributed by atoms with Crippen LogP contribution in [0.3, 0.4) is 0 Å². The number of fused-ring (bicyclic) bond motifs is 1. The summed E-state index contributed by atoms with van der Waals surface area (Å²) < 4.78 is 38.3. The number of halogens is 2. The summed E-state index contributed by atoms with van der Waals surface area (Å²) in [6.07, 6.45) is 1.40. The number of nitrogens with zero attached hydrogens (tertiary/aromatic N) is 2. The largest absolute Gasteiger partial charge is 0.497 e. The maximum Gasteiger partial charge on any atom is 0.299 e. The number of ether oxygens (including phenoxy) is 2. The van der Waals surface area contributed by atoms with Crippen molar-refractivity contribution in [3.63, 3.8) is 0 Å². The molecule has 34 heavy (non-hydrogen) atoms. The Balaban J connectivity index is 1.79. The van der Waals surface area contributed by atoms with Gasteiger partial charge < -0.3 is 19.4 Å². The summed E-state index contributed by atoms with van der Waals surface area (Å²) in [5.41, 5.74) is 1.65. The minimum absolute atomic E-state index is 0.0376. The minimum atomic E-state index is -0.899. The van der Waals surface area contributed by atoms with Crippen molar-refractivity contribution in [1.82, 2.24) is 9.97 Å². The lowest BCUT2D eigenvalue weighted by atomic mass is 10.0. The number of methoxy groups -OCH3 is 2. The molecule has 0 bridgehead atoms. The first-order valence-electron chi connectivity index (χ1n) is 10.3. The van der Waals surface area contributed by atoms with Gasteiger partial charge in [0.1, 0.15) is 17.4 Å². The smallest absolute Gasteiger partial charge is 0.299 e. The molecule has 0 atom stereocenters. The predicted octanol–water partition coefficient (Wildman–Crippen LogP) is 4.58. The Morgan fingerprint density at radius 3 is 2.53 bits per heavy atom. The number of Topliss-reactive ketones (excluding diaryl/α,β-unsaturated/α-hetero) is 1. The van der Waals surface area contributed by atoms with Gasteiger partial charge in [-0.25, -0.2) is 13.8 Å². The second-order valence-corrected chi connectivity index (χ2v) is 7.55. The Morgan fingerprint density at radius 2 is 1.82 bits per heavy atom. The monoisotopic (exact) mass is 465 g/mol. The number of aryl methyl sites for hydroxylation is 1. The van der Waals surface area contributed by atoms with E-state index in [9.17, 15) is 18.4 Å². The summed E-state index contributed by atoms with van der Waals surface area (Å²) in [5.74, 6) is -2.55. The van der Waals surface area contributed by atoms with Crippen LogP contribution >= 0.6 is 0 Å². The maximum atomic E-state index is 14.4. The molecule has 0 aliphatic carbocycles. The number of aromatic nitrogens is 2. The van der Waals surface area contributed by atoms with E-state index in [1.165, 1.54) is 38.6 Å². The molecule has 2 aromatic heterocycles. The molecule has 1 N–H and O–H groups in total. The molecule has 9 heteroatoms. The second kappa shape index (κ2) is 9.30. The van der Waals surface area contributed by atoms with Crippen molar-refractivity contribution in [2.45, 2.75) is 13.5 Å². The molecule has 0 radical (unpaired) electrons. The van der Waals surface area contributed by atoms with Gasteiger partial charge in [0, 0.05) is 40.5 Å². The van der Waals surface area contributed by atoms with Gasteiger partial charge in [0.15, 0.2) is 0 Å². The highest BCUT2D eigenvalue weighted by molar-refractivity contribution is 6.49. The lowest BCUT2D eigenvalue weighted by molar-refractivity contribution is -0.114. The number of carbonyl (C=O) groups excluding carboxylic acids is 2. The van der Waals surface area contributed by atoms with Crippen molar-refractivity contribution in [3.8, 4) is 11.6 Å². The number of nitrogens with one attached hydrogen (secondary N) is 1. The Kier molecular flexibility index (Phi) is 6.27. The van der Waals surface area contributed by atoms with Crippen LogP contribution in [-0.2, 0) is 11.3 Å². The van der Waals surface area contributed by atoms with Crippen molar-refractivity contribution in [1.29, 1.82) is 0 Å². The van der Waals surface area contributed by atoms with Gasteiger partial charge >= 0.3 is 0 Å². The number of pyridine rings is 1. The zero-order chi connectivity index (χ0) is 24.4. The van der Waals surface area contributed by atoms with Crippen LogP contribution in [0.1, 0.15) is 21.6 Å². The molecule has 7 nitrogen and oxygen atoms in total. The molecule has 2 aromatic carbocycles. The van der Waals surface area contributed by atoms with E-state index in [1.807, 2.05) is 0 Å². The standard InChI is InChI=1S/C25H21F2N3O4/c1-14-23(19-12-18(33-2)6-7-21(19)29-14)24(31)25(32)30(17-8-9-28-22(11-17)34-3)13-15-4-5-16(26)10-20(15)27/h4-12,29H,13H2,1-3H3. The summed E-state index contributed by atoms with van der Waals surface area (Å²) in [4.78, 5) is 35.3. The lowest BCUT2D eigenvalue weighted by Gasteiger charge is -2.23. The fourth-order valence-electron chi connectivity index (χ4n) is 3.73. The highest BCUT2D eigenvalue weighted by atomic mass is 19.1. The summed E-state index contributed by atoms with van der Waals surface area (Å²) in [7, 11) is 2.91. The zero-order valence-corrected chi connectivity index (χ0v) is 18.7. The quantitative estimate of drug-likeness (QED) is 0.319. The molecule has 4 rings (SSSR count). The van der Waals surface area contributed by atoms with Crippen LogP contribution in [0.4, 0.5) is 14.5 Å². The van der Waals surface area contributed by atoms with E-state index in [2.05, 4.69) is 9.97 Å². The summed E-state index contributed by atoms with van der Waals surface area (Å²) in [5, 5.41) is 0.524. The molecule has 0 fully saturated rings. The first kappa shape index (κ1) is 22.9. The van der Waals surface area contributed by atoms with Crippen LogP contribution in [0.25, 0.3) is 10.9 Å². The molecule has 4 aromatic rings. The van der Waals surface area contributed by atoms with Crippen molar-refractivity contribution in [2.24, 2.45) is 0 Å². The number of rotatable bonds is 7. The zero-order valence-electron chi connectivity index (χ0n) is 18.7. The highest BCUT2D eigenvalue weighted by Crippen LogP contribution is 2.29. The summed E-state index contributed by atoms with van der Waals surface area (Å²) >= 11 is 0. The second-order valence-electron chi connectivity index (χ2n) is 7.55. The van der Waals surface area contributed by atoms with Crippen molar-refractivity contribution in [2.75, 3.05) is 19.1 Å². The van der Waals surface area contributed by atoms with E-state index in [4.69, 9.17) is 9.47 Å². The molecule has 1 amide bonds. The number of benzene rings is 2. The molecule has 0 aliphatic rings. The first-order chi connectivity index (χ1) is 16.3. The third-order valence-electron chi connectivity index (χ3n) is 5.44. The first-order valence-corrected chi connectivity index (χ1v) is 10.3. The molecule has 0 saturated carbocycles. The van der Waals surface area contributed by atoms with Gasteiger partial charge in [-0.1, -0.05) is 6.07 Å². The summed E-state index contributed by atoms with van der Waals surface area (Å²) in [6, 6.07) is 11.2. The molecule has 0 spiro atoms. The molecule has 2 heterocycles. The molecule has 0 aliphatic heterocycles. The Bertz CT molecular complexity index is 1400. The Labute approximate surface area is 193 Å². The van der Waals surface area contributed by atoms with Crippen molar-refractivity contribution < 1.29 is 27.8 Å². The number of aromatic amines is 1. The minimum Gasteiger partial charge on any atom is -0.497 e. The van der Waals surface area contributed by atoms with Crippen LogP contribution in [-0.4, -0.2) is 35.9 Å². The van der Waals surface area contributed by atoms with E-state index < -0.39 is 23.3 Å². The number of carbonyl (C=O) groups is 2. The molecular formula is C25H21F2N3O4. The Morgan fingerprint density at radius 1 is 1.03 bits per heavy atom. The molecule has 174 valence electrons. The molecule has 0 saturated heterocycles. The van der Waals surface area contributed by atoms with Crippen LogP contribution in [0, 0.1) is 18.6 Å². The third-order valence-corrected chi connectivity index (χ3v) is 5.44. The van der Waals surface area contributed by atoms with Gasteiger partial charge in [-0.2, -0.15) is 0 Å². The van der Waals surface area contributed by atoms with Crippen LogP contribution < -0.4 is 14.4 Å². The van der Waals surface area contributed by atoms with E-state index in [-0.39, 0.29) is 29.2 Å². The number of ketones is 1. The number of hydrogen-bond donors (Lipinski definition) is 1. The van der Waals surface area contributed by atoms with Gasteiger partial charge in [0.2, 0.25) is 5.88 Å². The maximum absolute atomic E-state index is 14.4. The predicted molar refractivity (Wildman–Crippen MR) is 122 cm³/mol. The van der Waals surface area contributed by atoms with Gasteiger partial charge in [0.25, 0.3) is 11.7 Å². The van der Waals surface area contributed by atoms with Gasteiger partial charge in [-0.3, -0.25) is 9.59 Å². The summed E-state index contributed by atoms with van der Waals surface area (Å²) in [6.45, 7) is 1.38. The number of amides is 1. The fourth-order valence-corrected chi connectivity index (χ4v) is 3.73. The van der Waals surface area contributed by atoms with E-state index in [0.717, 1.165) is 17.0 Å². The molecular weight excluding hydrogens is 444 g/mol. The molecule has 0 unspecified atom stereocenters. The third kappa shape index (κ3) is 4.32. The van der Waals surface area contributed by atoms with Crippen LogP contribution in [0.2, 0.25) is 0 Å². The van der Waals surface area contributed by atoms with Crippen molar-refractivity contribution in [3.05, 3.63) is 83.2 Å². The highest BCUT2D eigenvalue weighted by Gasteiger charge is 2.29. The lowest BCUT2D eigenvalue weighted by Crippen LogP contribution is -2.36. The number of H-pyrrole nitrogens is 1. The average molecular weight is 465 g/mol. The number of anilines is 1. The number of hydrogen-bond acceptors (Lipinski definition) is 5. The Hall–Kier alpha value is -4.27. The van der Waals surface area contributed by atoms with Crippen LogP contribution in [0.5, 0.6) is 11.6 Å². The average Bonchev–Trinajstić information content (AvgIpc) is 3.17. The van der Waals surface area contributed by atoms with Gasteiger partial charge in [-0.05, 0) is 37.3 Å². The van der Waals surface area contributed by atoms with Crippen LogP contribution in [0.15, 0.2) is 54.7 Å². The van der Waals surface area contributed by atoms with Crippen molar-refractivity contribution >= 4 is 28.3 Å².